The molecule has 0 saturated carbocycles. The molecule has 2 aromatic carbocycles. The van der Waals surface area contributed by atoms with Crippen LogP contribution in [-0.4, -0.2) is 55.1 Å². The second-order valence-corrected chi connectivity index (χ2v) is 9.55. The van der Waals surface area contributed by atoms with Gasteiger partial charge in [0.15, 0.2) is 0 Å². The number of benzene rings is 2. The topological polar surface area (TPSA) is 116 Å². The normalized spacial score (nSPS) is 18.5. The van der Waals surface area contributed by atoms with Crippen LogP contribution >= 0.6 is 0 Å². The van der Waals surface area contributed by atoms with E-state index in [2.05, 4.69) is 10.6 Å². The Morgan fingerprint density at radius 3 is 2.15 bits per heavy atom. The predicted octanol–water partition coefficient (Wildman–Crippen LogP) is 2.51. The van der Waals surface area contributed by atoms with E-state index in [4.69, 9.17) is 0 Å². The Kier molecular flexibility index (Phi) is 7.19. The lowest BCUT2D eigenvalue weighted by Crippen LogP contribution is -2.44. The summed E-state index contributed by atoms with van der Waals surface area (Å²) >= 11 is 0. The molecule has 1 fully saturated rings. The van der Waals surface area contributed by atoms with Crippen molar-refractivity contribution in [1.82, 2.24) is 14.5 Å². The molecule has 2 aromatic rings. The van der Waals surface area contributed by atoms with Crippen molar-refractivity contribution in [3.8, 4) is 0 Å². The smallest absolute Gasteiger partial charge is 0.325 e. The lowest BCUT2D eigenvalue weighted by atomic mass is 9.87. The van der Waals surface area contributed by atoms with Gasteiger partial charge in [0, 0.05) is 18.8 Å². The Morgan fingerprint density at radius 2 is 1.61 bits per heavy atom. The number of hydrogen-bond acceptors (Lipinski definition) is 5. The summed E-state index contributed by atoms with van der Waals surface area (Å²) in [6.45, 7) is 5.56. The summed E-state index contributed by atoms with van der Waals surface area (Å²) in [5.41, 5.74) is -0.201. The first kappa shape index (κ1) is 24.4. The highest BCUT2D eigenvalue weighted by Crippen LogP contribution is 2.32. The van der Waals surface area contributed by atoms with Crippen molar-refractivity contribution in [1.29, 1.82) is 0 Å². The third kappa shape index (κ3) is 4.62. The number of carbonyl (C=O) groups excluding carboxylic acids is 3. The molecule has 1 aliphatic rings. The van der Waals surface area contributed by atoms with E-state index in [9.17, 15) is 22.8 Å². The summed E-state index contributed by atoms with van der Waals surface area (Å²) in [5, 5.41) is 5.34. The second kappa shape index (κ2) is 9.72. The van der Waals surface area contributed by atoms with Gasteiger partial charge in [0.1, 0.15) is 12.1 Å². The fraction of sp³-hybridized carbons (Fsp3) is 0.348. The van der Waals surface area contributed by atoms with Crippen LogP contribution < -0.4 is 10.6 Å². The van der Waals surface area contributed by atoms with Crippen LogP contribution in [0.25, 0.3) is 0 Å². The maximum atomic E-state index is 13.1. The van der Waals surface area contributed by atoms with E-state index in [1.54, 1.807) is 45.0 Å². The number of sulfonamides is 1. The zero-order valence-corrected chi connectivity index (χ0v) is 19.7. The number of nitrogens with zero attached hydrogens (tertiary/aromatic N) is 2. The number of urea groups is 1. The SMILES string of the molecule is CCN(CC)S(=O)(=O)c1ccc(NC(=O)CN2C(=O)N[C@](CC)(c3ccccc3)C2=O)cc1. The first-order chi connectivity index (χ1) is 15.7. The molecule has 0 radical (unpaired) electrons. The van der Waals surface area contributed by atoms with E-state index in [1.165, 1.54) is 28.6 Å². The Bertz CT molecular complexity index is 1130. The molecule has 1 saturated heterocycles. The van der Waals surface area contributed by atoms with Gasteiger partial charge in [-0.05, 0) is 36.2 Å². The van der Waals surface area contributed by atoms with Gasteiger partial charge in [-0.1, -0.05) is 51.1 Å². The first-order valence-electron chi connectivity index (χ1n) is 10.8. The Morgan fingerprint density at radius 1 is 1.00 bits per heavy atom. The number of hydrogen-bond donors (Lipinski definition) is 2. The van der Waals surface area contributed by atoms with Crippen molar-refractivity contribution in [3.63, 3.8) is 0 Å². The van der Waals surface area contributed by atoms with E-state index in [0.717, 1.165) is 4.90 Å². The fourth-order valence-corrected chi connectivity index (χ4v) is 5.36. The van der Waals surface area contributed by atoms with Gasteiger partial charge >= 0.3 is 6.03 Å². The first-order valence-corrected chi connectivity index (χ1v) is 12.2. The van der Waals surface area contributed by atoms with Crippen LogP contribution in [0.2, 0.25) is 0 Å². The number of anilines is 1. The third-order valence-electron chi connectivity index (χ3n) is 5.76. The molecule has 4 amide bonds. The Hall–Kier alpha value is -3.24. The molecule has 9 nitrogen and oxygen atoms in total. The lowest BCUT2D eigenvalue weighted by molar-refractivity contribution is -0.134. The van der Waals surface area contributed by atoms with Crippen molar-refractivity contribution < 1.29 is 22.8 Å². The Balaban J connectivity index is 1.71. The van der Waals surface area contributed by atoms with Gasteiger partial charge in [-0.15, -0.1) is 0 Å². The van der Waals surface area contributed by atoms with E-state index in [1.807, 2.05) is 6.07 Å². The summed E-state index contributed by atoms with van der Waals surface area (Å²) in [5.74, 6) is -1.06. The molecule has 10 heteroatoms. The number of rotatable bonds is 9. The number of amides is 4. The largest absolute Gasteiger partial charge is 0.325 e. The number of carbonyl (C=O) groups is 3. The lowest BCUT2D eigenvalue weighted by Gasteiger charge is -2.25. The molecule has 33 heavy (non-hydrogen) atoms. The van der Waals surface area contributed by atoms with Gasteiger partial charge in [-0.25, -0.2) is 13.2 Å². The molecule has 1 aliphatic heterocycles. The van der Waals surface area contributed by atoms with Crippen LogP contribution in [0, 0.1) is 0 Å². The van der Waals surface area contributed by atoms with Gasteiger partial charge in [-0.2, -0.15) is 4.31 Å². The molecule has 0 aromatic heterocycles. The molecular formula is C23H28N4O5S. The number of imide groups is 1. The molecule has 2 N–H and O–H groups in total. The minimum absolute atomic E-state index is 0.119. The standard InChI is InChI=1S/C23H28N4O5S/c1-4-23(17-10-8-7-9-11-17)21(29)27(22(30)25-23)16-20(28)24-18-12-14-19(15-13-18)33(31,32)26(5-2)6-3/h7-15H,4-6,16H2,1-3H3,(H,24,28)(H,25,30)/t23-/m1/s1. The summed E-state index contributed by atoms with van der Waals surface area (Å²) in [7, 11) is -3.61. The molecule has 1 heterocycles. The molecule has 1 atom stereocenters. The molecule has 0 bridgehead atoms. The minimum Gasteiger partial charge on any atom is -0.325 e. The zero-order chi connectivity index (χ0) is 24.2. The molecule has 176 valence electrons. The van der Waals surface area contributed by atoms with Gasteiger partial charge in [0.25, 0.3) is 5.91 Å². The number of nitrogens with one attached hydrogen (secondary N) is 2. The van der Waals surface area contributed by atoms with Crippen molar-refractivity contribution >= 4 is 33.6 Å². The van der Waals surface area contributed by atoms with Crippen molar-refractivity contribution in [2.24, 2.45) is 0 Å². The average Bonchev–Trinajstić information content (AvgIpc) is 3.05. The van der Waals surface area contributed by atoms with Crippen LogP contribution in [0.3, 0.4) is 0 Å². The maximum Gasteiger partial charge on any atom is 0.325 e. The maximum absolute atomic E-state index is 13.1. The quantitative estimate of drug-likeness (QED) is 0.544. The van der Waals surface area contributed by atoms with Crippen LogP contribution in [-0.2, 0) is 25.2 Å². The molecular weight excluding hydrogens is 444 g/mol. The van der Waals surface area contributed by atoms with E-state index < -0.39 is 40.0 Å². The van der Waals surface area contributed by atoms with E-state index >= 15 is 0 Å². The summed E-state index contributed by atoms with van der Waals surface area (Å²) in [4.78, 5) is 39.2. The van der Waals surface area contributed by atoms with Crippen LogP contribution in [0.5, 0.6) is 0 Å². The monoisotopic (exact) mass is 472 g/mol. The van der Waals surface area contributed by atoms with E-state index in [0.29, 0.717) is 30.8 Å². The molecule has 0 spiro atoms. The highest BCUT2D eigenvalue weighted by molar-refractivity contribution is 7.89. The average molecular weight is 473 g/mol. The van der Waals surface area contributed by atoms with Gasteiger partial charge in [0.2, 0.25) is 15.9 Å². The second-order valence-electron chi connectivity index (χ2n) is 7.61. The summed E-state index contributed by atoms with van der Waals surface area (Å²) in [6, 6.07) is 14.0. The van der Waals surface area contributed by atoms with Gasteiger partial charge < -0.3 is 10.6 Å². The highest BCUT2D eigenvalue weighted by atomic mass is 32.2. The van der Waals surface area contributed by atoms with Crippen LogP contribution in [0.15, 0.2) is 59.5 Å². The van der Waals surface area contributed by atoms with Gasteiger partial charge in [0.05, 0.1) is 4.90 Å². The zero-order valence-electron chi connectivity index (χ0n) is 18.9. The fourth-order valence-electron chi connectivity index (χ4n) is 3.90. The van der Waals surface area contributed by atoms with Crippen molar-refractivity contribution in [2.45, 2.75) is 37.6 Å². The minimum atomic E-state index is -3.61. The third-order valence-corrected chi connectivity index (χ3v) is 7.82. The molecule has 0 unspecified atom stereocenters. The molecule has 3 rings (SSSR count). The molecule has 0 aliphatic carbocycles. The van der Waals surface area contributed by atoms with Crippen LogP contribution in [0.4, 0.5) is 10.5 Å². The van der Waals surface area contributed by atoms with Crippen LogP contribution in [0.1, 0.15) is 32.8 Å². The predicted molar refractivity (Wildman–Crippen MR) is 124 cm³/mol. The summed E-state index contributed by atoms with van der Waals surface area (Å²) < 4.78 is 26.5. The van der Waals surface area contributed by atoms with Gasteiger partial charge in [-0.3, -0.25) is 14.5 Å². The Labute approximate surface area is 193 Å². The summed E-state index contributed by atoms with van der Waals surface area (Å²) in [6.07, 6.45) is 0.335. The van der Waals surface area contributed by atoms with E-state index in [-0.39, 0.29) is 4.90 Å². The van der Waals surface area contributed by atoms with Crippen molar-refractivity contribution in [2.75, 3.05) is 25.0 Å². The highest BCUT2D eigenvalue weighted by Gasteiger charge is 2.51. The van der Waals surface area contributed by atoms with Crippen molar-refractivity contribution in [3.05, 3.63) is 60.2 Å².